The van der Waals surface area contributed by atoms with Crippen LogP contribution in [0.1, 0.15) is 29.4 Å². The molecule has 2 rings (SSSR count). The van der Waals surface area contributed by atoms with E-state index in [-0.39, 0.29) is 5.78 Å². The predicted octanol–water partition coefficient (Wildman–Crippen LogP) is 3.18. The molecule has 0 atom stereocenters. The quantitative estimate of drug-likeness (QED) is 0.779. The maximum absolute atomic E-state index is 12.2. The third-order valence-corrected chi connectivity index (χ3v) is 2.74. The van der Waals surface area contributed by atoms with Crippen molar-refractivity contribution in [3.05, 3.63) is 52.8 Å². The van der Waals surface area contributed by atoms with Gasteiger partial charge in [0.05, 0.1) is 0 Å². The van der Waals surface area contributed by atoms with E-state index in [9.17, 15) is 4.79 Å². The first-order valence-corrected chi connectivity index (χ1v) is 5.92. The van der Waals surface area contributed by atoms with E-state index in [1.807, 2.05) is 0 Å². The van der Waals surface area contributed by atoms with Gasteiger partial charge in [-0.05, 0) is 36.8 Å². The number of carbonyl (C=O) groups excluding carboxylic acids is 1. The maximum Gasteiger partial charge on any atom is 0.211 e. The Morgan fingerprint density at radius 1 is 1.29 bits per heavy atom. The highest BCUT2D eigenvalue weighted by atomic mass is 35.5. The van der Waals surface area contributed by atoms with Crippen LogP contribution in [-0.2, 0) is 6.54 Å². The van der Waals surface area contributed by atoms with Gasteiger partial charge >= 0.3 is 0 Å². The van der Waals surface area contributed by atoms with Crippen molar-refractivity contribution in [3.63, 3.8) is 0 Å². The number of ketones is 1. The zero-order valence-electron chi connectivity index (χ0n) is 9.56. The lowest BCUT2D eigenvalue weighted by Gasteiger charge is -2.05. The Labute approximate surface area is 105 Å². The standard InChI is InChI=1S/C13H13ClN2O/c1-2-9-16-12(7-8-15-16)13(17)10-3-5-11(14)6-4-10/h3-8H,2,9H2,1H3. The average Bonchev–Trinajstić information content (AvgIpc) is 2.78. The normalized spacial score (nSPS) is 10.5. The Bertz CT molecular complexity index is 516. The summed E-state index contributed by atoms with van der Waals surface area (Å²) >= 11 is 5.79. The molecule has 4 heteroatoms. The molecule has 0 aliphatic rings. The molecule has 3 nitrogen and oxygen atoms in total. The number of hydrogen-bond acceptors (Lipinski definition) is 2. The number of rotatable bonds is 4. The Morgan fingerprint density at radius 2 is 2.00 bits per heavy atom. The molecule has 0 radical (unpaired) electrons. The topological polar surface area (TPSA) is 34.9 Å². The number of aryl methyl sites for hydroxylation is 1. The molecule has 0 unspecified atom stereocenters. The summed E-state index contributed by atoms with van der Waals surface area (Å²) in [6.45, 7) is 2.81. The fraction of sp³-hybridized carbons (Fsp3) is 0.231. The minimum atomic E-state index is -0.0207. The molecule has 0 saturated carbocycles. The van der Waals surface area contributed by atoms with Crippen molar-refractivity contribution >= 4 is 17.4 Å². The molecule has 0 saturated heterocycles. The summed E-state index contributed by atoms with van der Waals surface area (Å²) in [5, 5.41) is 4.77. The average molecular weight is 249 g/mol. The number of halogens is 1. The van der Waals surface area contributed by atoms with Gasteiger partial charge in [-0.3, -0.25) is 9.48 Å². The molecule has 1 heterocycles. The predicted molar refractivity (Wildman–Crippen MR) is 67.4 cm³/mol. The van der Waals surface area contributed by atoms with Crippen LogP contribution >= 0.6 is 11.6 Å². The Morgan fingerprint density at radius 3 is 2.65 bits per heavy atom. The van der Waals surface area contributed by atoms with Crippen molar-refractivity contribution in [2.45, 2.75) is 19.9 Å². The van der Waals surface area contributed by atoms with Gasteiger partial charge in [0, 0.05) is 23.3 Å². The minimum absolute atomic E-state index is 0.0207. The summed E-state index contributed by atoms with van der Waals surface area (Å²) in [4.78, 5) is 12.2. The van der Waals surface area contributed by atoms with E-state index in [1.54, 1.807) is 41.2 Å². The number of nitrogens with zero attached hydrogens (tertiary/aromatic N) is 2. The van der Waals surface area contributed by atoms with Crippen LogP contribution in [0, 0.1) is 0 Å². The SMILES string of the molecule is CCCn1nccc1C(=O)c1ccc(Cl)cc1. The molecule has 1 aromatic heterocycles. The van der Waals surface area contributed by atoms with Gasteiger partial charge in [0.1, 0.15) is 5.69 Å². The van der Waals surface area contributed by atoms with Crippen LogP contribution in [0.25, 0.3) is 0 Å². The highest BCUT2D eigenvalue weighted by molar-refractivity contribution is 6.30. The third kappa shape index (κ3) is 2.56. The first-order valence-electron chi connectivity index (χ1n) is 5.54. The van der Waals surface area contributed by atoms with Crippen molar-refractivity contribution in [1.29, 1.82) is 0 Å². The highest BCUT2D eigenvalue weighted by Crippen LogP contribution is 2.13. The van der Waals surface area contributed by atoms with E-state index >= 15 is 0 Å². The maximum atomic E-state index is 12.2. The fourth-order valence-electron chi connectivity index (χ4n) is 1.66. The molecule has 0 N–H and O–H groups in total. The van der Waals surface area contributed by atoms with Crippen LogP contribution in [0.2, 0.25) is 5.02 Å². The summed E-state index contributed by atoms with van der Waals surface area (Å²) in [5.74, 6) is -0.0207. The van der Waals surface area contributed by atoms with Gasteiger partial charge in [-0.2, -0.15) is 5.10 Å². The van der Waals surface area contributed by atoms with Crippen LogP contribution in [0.3, 0.4) is 0 Å². The van der Waals surface area contributed by atoms with Crippen molar-refractivity contribution in [2.75, 3.05) is 0 Å². The van der Waals surface area contributed by atoms with Crippen LogP contribution in [0.5, 0.6) is 0 Å². The van der Waals surface area contributed by atoms with E-state index < -0.39 is 0 Å². The number of benzene rings is 1. The van der Waals surface area contributed by atoms with Crippen LogP contribution in [-0.4, -0.2) is 15.6 Å². The van der Waals surface area contributed by atoms with E-state index in [1.165, 1.54) is 0 Å². The lowest BCUT2D eigenvalue weighted by molar-refractivity contribution is 0.102. The molecule has 0 bridgehead atoms. The second-order valence-electron chi connectivity index (χ2n) is 3.78. The third-order valence-electron chi connectivity index (χ3n) is 2.49. The first kappa shape index (κ1) is 11.9. The molecule has 88 valence electrons. The van der Waals surface area contributed by atoms with Gasteiger partial charge in [0.15, 0.2) is 0 Å². The lowest BCUT2D eigenvalue weighted by Crippen LogP contribution is -2.11. The monoisotopic (exact) mass is 248 g/mol. The lowest BCUT2D eigenvalue weighted by atomic mass is 10.1. The van der Waals surface area contributed by atoms with E-state index in [0.29, 0.717) is 16.3 Å². The van der Waals surface area contributed by atoms with Gasteiger partial charge in [-0.1, -0.05) is 18.5 Å². The summed E-state index contributed by atoms with van der Waals surface area (Å²) < 4.78 is 1.73. The molecule has 0 spiro atoms. The number of hydrogen-bond donors (Lipinski definition) is 0. The van der Waals surface area contributed by atoms with Gasteiger partial charge < -0.3 is 0 Å². The van der Waals surface area contributed by atoms with Gasteiger partial charge in [0.2, 0.25) is 5.78 Å². The molecule has 0 aliphatic carbocycles. The Balaban J connectivity index is 2.30. The van der Waals surface area contributed by atoms with Crippen molar-refractivity contribution in [3.8, 4) is 0 Å². The van der Waals surface area contributed by atoms with E-state index in [2.05, 4.69) is 12.0 Å². The summed E-state index contributed by atoms with van der Waals surface area (Å²) in [6, 6.07) is 8.64. The van der Waals surface area contributed by atoms with Crippen LogP contribution < -0.4 is 0 Å². The highest BCUT2D eigenvalue weighted by Gasteiger charge is 2.13. The van der Waals surface area contributed by atoms with Crippen molar-refractivity contribution in [2.24, 2.45) is 0 Å². The Hall–Kier alpha value is -1.61. The van der Waals surface area contributed by atoms with E-state index in [4.69, 9.17) is 11.6 Å². The number of aromatic nitrogens is 2. The summed E-state index contributed by atoms with van der Waals surface area (Å²) in [7, 11) is 0. The summed E-state index contributed by atoms with van der Waals surface area (Å²) in [5.41, 5.74) is 1.25. The molecule has 0 fully saturated rings. The molecule has 0 amide bonds. The van der Waals surface area contributed by atoms with E-state index in [0.717, 1.165) is 13.0 Å². The molecule has 17 heavy (non-hydrogen) atoms. The zero-order chi connectivity index (χ0) is 12.3. The molecular weight excluding hydrogens is 236 g/mol. The first-order chi connectivity index (χ1) is 8.22. The molecule has 2 aromatic rings. The second-order valence-corrected chi connectivity index (χ2v) is 4.21. The van der Waals surface area contributed by atoms with Crippen molar-refractivity contribution < 1.29 is 4.79 Å². The summed E-state index contributed by atoms with van der Waals surface area (Å²) in [6.07, 6.45) is 2.60. The van der Waals surface area contributed by atoms with Gasteiger partial charge in [-0.15, -0.1) is 0 Å². The molecular formula is C13H13ClN2O. The molecule has 0 aliphatic heterocycles. The smallest absolute Gasteiger partial charge is 0.211 e. The fourth-order valence-corrected chi connectivity index (χ4v) is 1.79. The number of carbonyl (C=O) groups is 1. The second kappa shape index (κ2) is 5.15. The van der Waals surface area contributed by atoms with Crippen molar-refractivity contribution in [1.82, 2.24) is 9.78 Å². The minimum Gasteiger partial charge on any atom is -0.287 e. The van der Waals surface area contributed by atoms with Crippen LogP contribution in [0.4, 0.5) is 0 Å². The Kier molecular flexibility index (Phi) is 3.59. The van der Waals surface area contributed by atoms with Crippen LogP contribution in [0.15, 0.2) is 36.5 Å². The molecule has 1 aromatic carbocycles. The van der Waals surface area contributed by atoms with Gasteiger partial charge in [0.25, 0.3) is 0 Å². The van der Waals surface area contributed by atoms with Gasteiger partial charge in [-0.25, -0.2) is 0 Å². The largest absolute Gasteiger partial charge is 0.287 e. The zero-order valence-corrected chi connectivity index (χ0v) is 10.3.